The van der Waals surface area contributed by atoms with Crippen molar-refractivity contribution in [3.63, 3.8) is 0 Å². The summed E-state index contributed by atoms with van der Waals surface area (Å²) in [7, 11) is 0. The molecule has 0 radical (unpaired) electrons. The van der Waals surface area contributed by atoms with Crippen LogP contribution in [-0.4, -0.2) is 17.5 Å². The number of rotatable bonds is 6. The molecular weight excluding hydrogens is 300 g/mol. The van der Waals surface area contributed by atoms with Gasteiger partial charge in [0, 0.05) is 12.1 Å². The van der Waals surface area contributed by atoms with Crippen LogP contribution >= 0.6 is 0 Å². The summed E-state index contributed by atoms with van der Waals surface area (Å²) in [5.41, 5.74) is 3.83. The Labute approximate surface area is 131 Å². The fraction of sp³-hybridized carbons (Fsp3) is 0.133. The molecule has 2 aromatic carbocycles. The van der Waals surface area contributed by atoms with Crippen molar-refractivity contribution in [2.24, 2.45) is 10.3 Å². The van der Waals surface area contributed by atoms with Crippen LogP contribution in [0.3, 0.4) is 0 Å². The number of nitro benzene ring substituents is 1. The number of ether oxygens (including phenoxy) is 1. The topological polar surface area (TPSA) is 106 Å². The van der Waals surface area contributed by atoms with Crippen LogP contribution in [0.15, 0.2) is 58.9 Å². The molecule has 0 aliphatic carbocycles. The van der Waals surface area contributed by atoms with Crippen molar-refractivity contribution >= 4 is 23.0 Å². The van der Waals surface area contributed by atoms with Crippen LogP contribution in [0.5, 0.6) is 0 Å². The zero-order chi connectivity index (χ0) is 16.7. The van der Waals surface area contributed by atoms with E-state index < -0.39 is 10.9 Å². The van der Waals surface area contributed by atoms with Crippen LogP contribution in [0.25, 0.3) is 0 Å². The summed E-state index contributed by atoms with van der Waals surface area (Å²) in [5, 5.41) is 18.3. The number of anilines is 1. The number of non-ortho nitro benzene ring substituents is 1. The van der Waals surface area contributed by atoms with Crippen molar-refractivity contribution < 1.29 is 14.5 Å². The first-order valence-electron chi connectivity index (χ1n) is 6.79. The number of nitro groups is 1. The van der Waals surface area contributed by atoms with Crippen molar-refractivity contribution in [3.05, 3.63) is 64.2 Å². The molecule has 8 nitrogen and oxygen atoms in total. The normalized spacial score (nSPS) is 10.5. The first-order chi connectivity index (χ1) is 11.1. The van der Waals surface area contributed by atoms with Gasteiger partial charge < -0.3 is 4.74 Å². The minimum Gasteiger partial charge on any atom is -0.462 e. The first kappa shape index (κ1) is 16.1. The van der Waals surface area contributed by atoms with Crippen molar-refractivity contribution in [1.29, 1.82) is 0 Å². The largest absolute Gasteiger partial charge is 0.462 e. The molecule has 0 amide bonds. The molecule has 0 spiro atoms. The van der Waals surface area contributed by atoms with Crippen LogP contribution < -0.4 is 5.43 Å². The fourth-order valence-electron chi connectivity index (χ4n) is 1.74. The Morgan fingerprint density at radius 1 is 1.22 bits per heavy atom. The van der Waals surface area contributed by atoms with Gasteiger partial charge in [-0.1, -0.05) is 17.4 Å². The number of benzene rings is 2. The molecule has 0 unspecified atom stereocenters. The lowest BCUT2D eigenvalue weighted by atomic mass is 10.2. The van der Waals surface area contributed by atoms with E-state index in [1.807, 2.05) is 0 Å². The fourth-order valence-corrected chi connectivity index (χ4v) is 1.74. The molecule has 0 fully saturated rings. The lowest BCUT2D eigenvalue weighted by Crippen LogP contribution is -2.04. The summed E-state index contributed by atoms with van der Waals surface area (Å²) in [5.74, 6) is -0.475. The summed E-state index contributed by atoms with van der Waals surface area (Å²) in [6.07, 6.45) is 0. The van der Waals surface area contributed by atoms with Gasteiger partial charge in [-0.25, -0.2) is 4.79 Å². The number of esters is 1. The third-order valence-corrected chi connectivity index (χ3v) is 2.81. The molecule has 2 rings (SSSR count). The van der Waals surface area contributed by atoms with Gasteiger partial charge in [0.25, 0.3) is 5.69 Å². The lowest BCUT2D eigenvalue weighted by Gasteiger charge is -2.04. The Kier molecular flexibility index (Phi) is 5.35. The second-order valence-corrected chi connectivity index (χ2v) is 4.35. The number of hydrogen-bond donors (Lipinski definition) is 1. The van der Waals surface area contributed by atoms with E-state index in [1.54, 1.807) is 31.2 Å². The average molecular weight is 314 g/mol. The molecule has 23 heavy (non-hydrogen) atoms. The van der Waals surface area contributed by atoms with Crippen molar-refractivity contribution in [1.82, 2.24) is 0 Å². The van der Waals surface area contributed by atoms with E-state index in [9.17, 15) is 14.9 Å². The Balaban J connectivity index is 2.08. The van der Waals surface area contributed by atoms with Gasteiger partial charge in [0.15, 0.2) is 0 Å². The second kappa shape index (κ2) is 7.64. The number of nitrogens with one attached hydrogen (secondary N) is 1. The smallest absolute Gasteiger partial charge is 0.340 e. The molecule has 1 N–H and O–H groups in total. The van der Waals surface area contributed by atoms with E-state index >= 15 is 0 Å². The maximum Gasteiger partial charge on any atom is 0.340 e. The molecule has 0 bridgehead atoms. The summed E-state index contributed by atoms with van der Waals surface area (Å²) < 4.78 is 4.94. The van der Waals surface area contributed by atoms with Crippen LogP contribution in [0.4, 0.5) is 17.1 Å². The Morgan fingerprint density at radius 2 is 1.91 bits per heavy atom. The Bertz CT molecular complexity index is 729. The highest BCUT2D eigenvalue weighted by atomic mass is 16.6. The third kappa shape index (κ3) is 4.34. The molecule has 0 saturated carbocycles. The molecule has 0 aliphatic rings. The SMILES string of the molecule is CCOC(=O)c1ccccc1N=NNc1ccc([N+](=O)[O-])cc1. The quantitative estimate of drug-likeness (QED) is 0.377. The molecule has 0 aliphatic heterocycles. The van der Waals surface area contributed by atoms with E-state index in [4.69, 9.17) is 4.74 Å². The van der Waals surface area contributed by atoms with Gasteiger partial charge in [-0.2, -0.15) is 0 Å². The molecule has 0 atom stereocenters. The molecule has 118 valence electrons. The molecular formula is C15H14N4O4. The monoisotopic (exact) mass is 314 g/mol. The van der Waals surface area contributed by atoms with Crippen LogP contribution in [0.1, 0.15) is 17.3 Å². The van der Waals surface area contributed by atoms with E-state index in [-0.39, 0.29) is 12.3 Å². The summed E-state index contributed by atoms with van der Waals surface area (Å²) in [6, 6.07) is 12.4. The van der Waals surface area contributed by atoms with E-state index in [2.05, 4.69) is 15.8 Å². The average Bonchev–Trinajstić information content (AvgIpc) is 2.56. The maximum absolute atomic E-state index is 11.8. The summed E-state index contributed by atoms with van der Waals surface area (Å²) >= 11 is 0. The van der Waals surface area contributed by atoms with Gasteiger partial charge in [-0.15, -0.1) is 5.11 Å². The minimum atomic E-state index is -0.485. The number of hydrogen-bond acceptors (Lipinski definition) is 6. The van der Waals surface area contributed by atoms with Crippen LogP contribution in [-0.2, 0) is 4.74 Å². The van der Waals surface area contributed by atoms with Crippen molar-refractivity contribution in [2.75, 3.05) is 12.0 Å². The molecule has 8 heteroatoms. The van der Waals surface area contributed by atoms with E-state index in [0.717, 1.165) is 0 Å². The predicted octanol–water partition coefficient (Wildman–Crippen LogP) is 3.88. The van der Waals surface area contributed by atoms with Gasteiger partial charge in [0.2, 0.25) is 0 Å². The van der Waals surface area contributed by atoms with Gasteiger partial charge in [-0.3, -0.25) is 15.5 Å². The molecule has 0 saturated heterocycles. The highest BCUT2D eigenvalue weighted by molar-refractivity contribution is 5.94. The van der Waals surface area contributed by atoms with Gasteiger partial charge in [0.05, 0.1) is 22.8 Å². The highest BCUT2D eigenvalue weighted by Crippen LogP contribution is 2.21. The van der Waals surface area contributed by atoms with E-state index in [0.29, 0.717) is 16.9 Å². The van der Waals surface area contributed by atoms with Crippen LogP contribution in [0.2, 0.25) is 0 Å². The number of carbonyl (C=O) groups is 1. The molecule has 0 heterocycles. The molecule has 0 aromatic heterocycles. The highest BCUT2D eigenvalue weighted by Gasteiger charge is 2.11. The van der Waals surface area contributed by atoms with Gasteiger partial charge >= 0.3 is 5.97 Å². The van der Waals surface area contributed by atoms with Crippen molar-refractivity contribution in [3.8, 4) is 0 Å². The lowest BCUT2D eigenvalue weighted by molar-refractivity contribution is -0.384. The first-order valence-corrected chi connectivity index (χ1v) is 6.79. The van der Waals surface area contributed by atoms with E-state index in [1.165, 1.54) is 24.3 Å². The van der Waals surface area contributed by atoms with Crippen LogP contribution in [0, 0.1) is 10.1 Å². The molecule has 2 aromatic rings. The van der Waals surface area contributed by atoms with Gasteiger partial charge in [-0.05, 0) is 31.2 Å². The predicted molar refractivity (Wildman–Crippen MR) is 83.6 cm³/mol. The number of nitrogens with zero attached hydrogens (tertiary/aromatic N) is 3. The summed E-state index contributed by atoms with van der Waals surface area (Å²) in [6.45, 7) is 1.99. The van der Waals surface area contributed by atoms with Crippen molar-refractivity contribution in [2.45, 2.75) is 6.92 Å². The second-order valence-electron chi connectivity index (χ2n) is 4.35. The Morgan fingerprint density at radius 3 is 2.57 bits per heavy atom. The minimum absolute atomic E-state index is 0.0138. The standard InChI is InChI=1S/C15H14N4O4/c1-2-23-15(20)13-5-3-4-6-14(13)17-18-16-11-7-9-12(10-8-11)19(21)22/h3-10H,2H2,1H3,(H,16,17). The summed E-state index contributed by atoms with van der Waals surface area (Å²) in [4.78, 5) is 21.9. The maximum atomic E-state index is 11.8. The zero-order valence-corrected chi connectivity index (χ0v) is 12.3. The van der Waals surface area contributed by atoms with Gasteiger partial charge in [0.1, 0.15) is 5.69 Å². The Hall–Kier alpha value is -3.29. The third-order valence-electron chi connectivity index (χ3n) is 2.81. The zero-order valence-electron chi connectivity index (χ0n) is 12.3. The number of carbonyl (C=O) groups excluding carboxylic acids is 1.